The van der Waals surface area contributed by atoms with Crippen molar-refractivity contribution >= 4 is 22.8 Å². The number of anilines is 1. The first kappa shape index (κ1) is 21.0. The van der Waals surface area contributed by atoms with Crippen LogP contribution in [0.3, 0.4) is 0 Å². The molecule has 1 saturated heterocycles. The number of benzene rings is 2. The summed E-state index contributed by atoms with van der Waals surface area (Å²) in [4.78, 5) is 19.2. The van der Waals surface area contributed by atoms with E-state index in [1.54, 1.807) is 26.4 Å². The Kier molecular flexibility index (Phi) is 6.02. The Morgan fingerprint density at radius 2 is 1.77 bits per heavy atom. The summed E-state index contributed by atoms with van der Waals surface area (Å²) in [7, 11) is 3.18. The number of urea groups is 1. The standard InChI is InChI=1S/C24H30N4O3/c1-16-11-20-21(12-17(16)2)28(15-25-20)14-18-7-9-27(10-8-18)24(29)26-19-5-6-22(30-3)23(13-19)31-4/h5-6,11-13,15,18H,7-10,14H2,1-4H3,(H,26,29). The number of nitrogens with one attached hydrogen (secondary N) is 1. The fourth-order valence-electron chi connectivity index (χ4n) is 4.17. The summed E-state index contributed by atoms with van der Waals surface area (Å²) in [5.41, 5.74) is 5.49. The van der Waals surface area contributed by atoms with Crippen molar-refractivity contribution in [2.24, 2.45) is 5.92 Å². The molecule has 1 aromatic heterocycles. The van der Waals surface area contributed by atoms with Gasteiger partial charge >= 0.3 is 6.03 Å². The van der Waals surface area contributed by atoms with Gasteiger partial charge in [-0.3, -0.25) is 0 Å². The first-order chi connectivity index (χ1) is 15.0. The Labute approximate surface area is 183 Å². The second kappa shape index (κ2) is 8.88. The number of carbonyl (C=O) groups excluding carboxylic acids is 1. The topological polar surface area (TPSA) is 68.6 Å². The summed E-state index contributed by atoms with van der Waals surface area (Å²) in [6.07, 6.45) is 3.90. The molecule has 4 rings (SSSR count). The third kappa shape index (κ3) is 4.45. The minimum absolute atomic E-state index is 0.0788. The molecule has 1 fully saturated rings. The van der Waals surface area contributed by atoms with Gasteiger partial charge in [0.05, 0.1) is 31.6 Å². The average molecular weight is 423 g/mol. The Morgan fingerprint density at radius 3 is 2.48 bits per heavy atom. The van der Waals surface area contributed by atoms with Crippen LogP contribution in [0.2, 0.25) is 0 Å². The van der Waals surface area contributed by atoms with Gasteiger partial charge in [-0.05, 0) is 68.0 Å². The van der Waals surface area contributed by atoms with E-state index in [1.807, 2.05) is 17.3 Å². The number of nitrogens with zero attached hydrogens (tertiary/aromatic N) is 3. The first-order valence-corrected chi connectivity index (χ1v) is 10.7. The number of likely N-dealkylation sites (tertiary alicyclic amines) is 1. The quantitative estimate of drug-likeness (QED) is 0.652. The number of ether oxygens (including phenoxy) is 2. The maximum atomic E-state index is 12.7. The van der Waals surface area contributed by atoms with E-state index in [-0.39, 0.29) is 6.03 Å². The first-order valence-electron chi connectivity index (χ1n) is 10.7. The third-order valence-corrected chi connectivity index (χ3v) is 6.23. The lowest BCUT2D eigenvalue weighted by molar-refractivity contribution is 0.177. The molecule has 2 heterocycles. The van der Waals surface area contributed by atoms with Crippen molar-refractivity contribution < 1.29 is 14.3 Å². The molecular formula is C24H30N4O3. The monoisotopic (exact) mass is 422 g/mol. The highest BCUT2D eigenvalue weighted by Crippen LogP contribution is 2.30. The van der Waals surface area contributed by atoms with Crippen LogP contribution < -0.4 is 14.8 Å². The predicted molar refractivity (Wildman–Crippen MR) is 122 cm³/mol. The van der Waals surface area contributed by atoms with Gasteiger partial charge in [-0.25, -0.2) is 9.78 Å². The number of carbonyl (C=O) groups is 1. The van der Waals surface area contributed by atoms with E-state index in [4.69, 9.17) is 9.47 Å². The Hall–Kier alpha value is -3.22. The summed E-state index contributed by atoms with van der Waals surface area (Å²) in [6, 6.07) is 9.69. The molecule has 3 aromatic rings. The molecule has 7 nitrogen and oxygen atoms in total. The molecule has 0 radical (unpaired) electrons. The average Bonchev–Trinajstić information content (AvgIpc) is 3.15. The maximum Gasteiger partial charge on any atom is 0.321 e. The molecule has 1 aliphatic rings. The lowest BCUT2D eigenvalue weighted by Gasteiger charge is -2.32. The maximum absolute atomic E-state index is 12.7. The van der Waals surface area contributed by atoms with Crippen molar-refractivity contribution in [2.45, 2.75) is 33.2 Å². The molecule has 31 heavy (non-hydrogen) atoms. The summed E-state index contributed by atoms with van der Waals surface area (Å²) in [5.74, 6) is 1.76. The molecular weight excluding hydrogens is 392 g/mol. The van der Waals surface area contributed by atoms with E-state index < -0.39 is 0 Å². The van der Waals surface area contributed by atoms with Gasteiger partial charge in [-0.2, -0.15) is 0 Å². The van der Waals surface area contributed by atoms with Gasteiger partial charge in [0.15, 0.2) is 11.5 Å². The molecule has 0 bridgehead atoms. The van der Waals surface area contributed by atoms with Crippen molar-refractivity contribution in [2.75, 3.05) is 32.6 Å². The van der Waals surface area contributed by atoms with Crippen LogP contribution in [0.15, 0.2) is 36.7 Å². The van der Waals surface area contributed by atoms with E-state index in [1.165, 1.54) is 16.6 Å². The van der Waals surface area contributed by atoms with Gasteiger partial charge in [0.1, 0.15) is 0 Å². The zero-order valence-electron chi connectivity index (χ0n) is 18.6. The lowest BCUT2D eigenvalue weighted by Crippen LogP contribution is -2.41. The van der Waals surface area contributed by atoms with Crippen LogP contribution in [0.5, 0.6) is 11.5 Å². The number of amides is 2. The van der Waals surface area contributed by atoms with E-state index in [0.29, 0.717) is 23.1 Å². The van der Waals surface area contributed by atoms with Gasteiger partial charge in [-0.15, -0.1) is 0 Å². The highest BCUT2D eigenvalue weighted by molar-refractivity contribution is 5.89. The SMILES string of the molecule is COc1ccc(NC(=O)N2CCC(Cn3cnc4cc(C)c(C)cc43)CC2)cc1OC. The smallest absolute Gasteiger partial charge is 0.321 e. The Morgan fingerprint density at radius 1 is 1.06 bits per heavy atom. The number of aromatic nitrogens is 2. The molecule has 2 aromatic carbocycles. The van der Waals surface area contributed by atoms with Gasteiger partial charge < -0.3 is 24.3 Å². The fourth-order valence-corrected chi connectivity index (χ4v) is 4.17. The normalized spacial score (nSPS) is 14.6. The van der Waals surface area contributed by atoms with Crippen LogP contribution in [0.4, 0.5) is 10.5 Å². The molecule has 0 unspecified atom stereocenters. The van der Waals surface area contributed by atoms with Crippen molar-refractivity contribution in [3.63, 3.8) is 0 Å². The zero-order valence-corrected chi connectivity index (χ0v) is 18.6. The number of rotatable bonds is 5. The second-order valence-corrected chi connectivity index (χ2v) is 8.25. The number of hydrogen-bond acceptors (Lipinski definition) is 4. The van der Waals surface area contributed by atoms with Gasteiger partial charge in [0, 0.05) is 31.4 Å². The van der Waals surface area contributed by atoms with Crippen LogP contribution in [-0.4, -0.2) is 47.8 Å². The zero-order chi connectivity index (χ0) is 22.0. The van der Waals surface area contributed by atoms with Crippen LogP contribution in [0.25, 0.3) is 11.0 Å². The minimum atomic E-state index is -0.0788. The highest BCUT2D eigenvalue weighted by atomic mass is 16.5. The predicted octanol–water partition coefficient (Wildman–Crippen LogP) is 4.61. The van der Waals surface area contributed by atoms with Crippen molar-refractivity contribution in [3.05, 3.63) is 47.8 Å². The van der Waals surface area contributed by atoms with Crippen LogP contribution >= 0.6 is 0 Å². The Bertz CT molecular complexity index is 1080. The van der Waals surface area contributed by atoms with Crippen LogP contribution in [0.1, 0.15) is 24.0 Å². The van der Waals surface area contributed by atoms with Gasteiger partial charge in [0.25, 0.3) is 0 Å². The number of imidazole rings is 1. The molecule has 1 aliphatic heterocycles. The number of hydrogen-bond donors (Lipinski definition) is 1. The lowest BCUT2D eigenvalue weighted by atomic mass is 9.97. The molecule has 0 spiro atoms. The summed E-state index contributed by atoms with van der Waals surface area (Å²) >= 11 is 0. The number of aryl methyl sites for hydroxylation is 2. The van der Waals surface area contributed by atoms with E-state index in [9.17, 15) is 4.79 Å². The summed E-state index contributed by atoms with van der Waals surface area (Å²) < 4.78 is 12.8. The Balaban J connectivity index is 1.34. The van der Waals surface area contributed by atoms with E-state index in [0.717, 1.165) is 38.0 Å². The molecule has 164 valence electrons. The second-order valence-electron chi connectivity index (χ2n) is 8.25. The van der Waals surface area contributed by atoms with Crippen molar-refractivity contribution in [1.82, 2.24) is 14.5 Å². The molecule has 0 saturated carbocycles. The largest absolute Gasteiger partial charge is 0.493 e. The minimum Gasteiger partial charge on any atom is -0.493 e. The molecule has 0 aliphatic carbocycles. The van der Waals surface area contributed by atoms with E-state index in [2.05, 4.69) is 40.8 Å². The van der Waals surface area contributed by atoms with Crippen LogP contribution in [0, 0.1) is 19.8 Å². The molecule has 1 N–H and O–H groups in total. The van der Waals surface area contributed by atoms with Crippen molar-refractivity contribution in [1.29, 1.82) is 0 Å². The molecule has 7 heteroatoms. The van der Waals surface area contributed by atoms with Crippen LogP contribution in [-0.2, 0) is 6.54 Å². The van der Waals surface area contributed by atoms with Gasteiger partial charge in [-0.1, -0.05) is 0 Å². The van der Waals surface area contributed by atoms with Gasteiger partial charge in [0.2, 0.25) is 0 Å². The number of piperidine rings is 1. The third-order valence-electron chi connectivity index (χ3n) is 6.23. The summed E-state index contributed by atoms with van der Waals surface area (Å²) in [5, 5.41) is 2.97. The van der Waals surface area contributed by atoms with Crippen molar-refractivity contribution in [3.8, 4) is 11.5 Å². The summed E-state index contributed by atoms with van der Waals surface area (Å²) in [6.45, 7) is 6.69. The molecule has 2 amide bonds. The number of fused-ring (bicyclic) bond motifs is 1. The number of methoxy groups -OCH3 is 2. The molecule has 0 atom stereocenters. The van der Waals surface area contributed by atoms with E-state index >= 15 is 0 Å². The highest BCUT2D eigenvalue weighted by Gasteiger charge is 2.24. The fraction of sp³-hybridized carbons (Fsp3) is 0.417.